The number of halogens is 3. The Morgan fingerprint density at radius 3 is 0.939 bits per heavy atom. The van der Waals surface area contributed by atoms with Crippen molar-refractivity contribution in [1.82, 2.24) is 14.2 Å². The van der Waals surface area contributed by atoms with Gasteiger partial charge in [-0.3, -0.25) is 0 Å². The lowest BCUT2D eigenvalue weighted by Crippen LogP contribution is -2.58. The van der Waals surface area contributed by atoms with Crippen molar-refractivity contribution in [2.45, 2.75) is 0 Å². The molecule has 0 bridgehead atoms. The lowest BCUT2D eigenvalue weighted by molar-refractivity contribution is 0.0645. The van der Waals surface area contributed by atoms with Crippen molar-refractivity contribution in [3.05, 3.63) is 118 Å². The first-order valence-electron chi connectivity index (χ1n) is 9.16. The lowest BCUT2D eigenvalue weighted by Gasteiger charge is -2.15. The third kappa shape index (κ3) is 4.82. The fourth-order valence-electron chi connectivity index (χ4n) is 2.58. The highest BCUT2D eigenvalue weighted by molar-refractivity contribution is 9.11. The van der Waals surface area contributed by atoms with Gasteiger partial charge in [0.25, 0.3) is 0 Å². The number of rotatable bonds is 6. The molecule has 0 aliphatic rings. The van der Waals surface area contributed by atoms with Gasteiger partial charge >= 0.3 is 17.1 Å². The number of benzene rings is 3. The first kappa shape index (κ1) is 23.1. The molecule has 1 aromatic heterocycles. The summed E-state index contributed by atoms with van der Waals surface area (Å²) in [5.74, 6) is 0.445. The summed E-state index contributed by atoms with van der Waals surface area (Å²) in [6.07, 6.45) is 0. The molecule has 0 N–H and O–H groups in total. The van der Waals surface area contributed by atoms with E-state index in [0.29, 0.717) is 27.6 Å². The zero-order chi connectivity index (χ0) is 23.5. The molecule has 168 valence electrons. The normalized spacial score (nSPS) is 10.6. The fraction of sp³-hybridized carbons (Fsp3) is 0. The van der Waals surface area contributed by atoms with Gasteiger partial charge in [-0.1, -0.05) is 50.6 Å². The molecule has 0 unspecified atom stereocenters. The standard InChI is InChI=1S/C21H12Br3N3O6/c22-13-7-1-4-10-16(13)31-25-19(28)26(32-17-11-5-2-8-14(17)23)21(30)27(20(25)29)33-18-12-6-3-9-15(18)24/h1-12H. The average Bonchev–Trinajstić information content (AvgIpc) is 2.80. The Kier molecular flexibility index (Phi) is 6.86. The van der Waals surface area contributed by atoms with Crippen LogP contribution in [0.2, 0.25) is 0 Å². The summed E-state index contributed by atoms with van der Waals surface area (Å²) in [4.78, 5) is 55.8. The molecule has 0 aliphatic carbocycles. The summed E-state index contributed by atoms with van der Waals surface area (Å²) < 4.78 is 2.48. The van der Waals surface area contributed by atoms with Crippen LogP contribution in [0.3, 0.4) is 0 Å². The van der Waals surface area contributed by atoms with E-state index in [2.05, 4.69) is 47.8 Å². The molecule has 33 heavy (non-hydrogen) atoms. The van der Waals surface area contributed by atoms with Gasteiger partial charge in [0, 0.05) is 0 Å². The Hall–Kier alpha value is -3.09. The lowest BCUT2D eigenvalue weighted by atomic mass is 10.3. The highest BCUT2D eigenvalue weighted by atomic mass is 79.9. The molecule has 0 atom stereocenters. The highest BCUT2D eigenvalue weighted by Crippen LogP contribution is 2.25. The molecule has 0 saturated heterocycles. The Morgan fingerprint density at radius 1 is 0.455 bits per heavy atom. The van der Waals surface area contributed by atoms with E-state index in [4.69, 9.17) is 14.5 Å². The van der Waals surface area contributed by atoms with Gasteiger partial charge < -0.3 is 14.5 Å². The summed E-state index contributed by atoms with van der Waals surface area (Å²) in [5.41, 5.74) is -3.53. The van der Waals surface area contributed by atoms with Crippen molar-refractivity contribution in [3.63, 3.8) is 0 Å². The van der Waals surface area contributed by atoms with Crippen LogP contribution in [-0.4, -0.2) is 14.2 Å². The van der Waals surface area contributed by atoms with Gasteiger partial charge in [0.1, 0.15) is 0 Å². The molecule has 0 fully saturated rings. The van der Waals surface area contributed by atoms with E-state index in [-0.39, 0.29) is 17.2 Å². The van der Waals surface area contributed by atoms with E-state index < -0.39 is 17.1 Å². The van der Waals surface area contributed by atoms with Crippen LogP contribution < -0.4 is 31.6 Å². The van der Waals surface area contributed by atoms with Crippen LogP contribution in [0.5, 0.6) is 17.2 Å². The van der Waals surface area contributed by atoms with E-state index in [9.17, 15) is 14.4 Å². The number of nitrogens with zero attached hydrogens (tertiary/aromatic N) is 3. The summed E-state index contributed by atoms with van der Waals surface area (Å²) in [6, 6.07) is 19.7. The quantitative estimate of drug-likeness (QED) is 0.316. The highest BCUT2D eigenvalue weighted by Gasteiger charge is 2.22. The van der Waals surface area contributed by atoms with Gasteiger partial charge in [0.2, 0.25) is 0 Å². The second-order valence-electron chi connectivity index (χ2n) is 6.30. The molecule has 4 rings (SSSR count). The van der Waals surface area contributed by atoms with Gasteiger partial charge in [-0.25, -0.2) is 14.4 Å². The van der Waals surface area contributed by atoms with Crippen LogP contribution in [0.25, 0.3) is 0 Å². The minimum absolute atomic E-state index is 0.148. The predicted molar refractivity (Wildman–Crippen MR) is 130 cm³/mol. The third-order valence-corrected chi connectivity index (χ3v) is 6.09. The molecule has 12 heteroatoms. The molecule has 0 aliphatic heterocycles. The molecule has 0 radical (unpaired) electrons. The smallest absolute Gasteiger partial charge is 0.365 e. The van der Waals surface area contributed by atoms with Gasteiger partial charge in [-0.15, -0.1) is 0 Å². The zero-order valence-corrected chi connectivity index (χ0v) is 21.1. The Labute approximate surface area is 210 Å². The Bertz CT molecular complexity index is 1300. The largest absolute Gasteiger partial charge is 0.404 e. The van der Waals surface area contributed by atoms with E-state index >= 15 is 0 Å². The topological polar surface area (TPSA) is 93.7 Å². The summed E-state index contributed by atoms with van der Waals surface area (Å²) in [6.45, 7) is 0. The van der Waals surface area contributed by atoms with Crippen LogP contribution in [-0.2, 0) is 0 Å². The maximum Gasteiger partial charge on any atom is 0.404 e. The van der Waals surface area contributed by atoms with Crippen LogP contribution in [0.15, 0.2) is 101 Å². The predicted octanol–water partition coefficient (Wildman–Crippen LogP) is 3.99. The molecule has 9 nitrogen and oxygen atoms in total. The van der Waals surface area contributed by atoms with E-state index in [1.165, 1.54) is 18.2 Å². The molecule has 4 aromatic rings. The second-order valence-corrected chi connectivity index (χ2v) is 8.86. The molecule has 0 amide bonds. The average molecular weight is 642 g/mol. The summed E-state index contributed by atoms with van der Waals surface area (Å²) in [5, 5.41) is 0. The summed E-state index contributed by atoms with van der Waals surface area (Å²) in [7, 11) is 0. The monoisotopic (exact) mass is 639 g/mol. The Morgan fingerprint density at radius 2 is 0.697 bits per heavy atom. The maximum atomic E-state index is 13.1. The maximum absolute atomic E-state index is 13.1. The SMILES string of the molecule is O=c1n(Oc2ccccc2Br)c(=O)n(Oc2ccccc2Br)c(=O)n1Oc1ccccc1Br. The van der Waals surface area contributed by atoms with Crippen LogP contribution in [0.4, 0.5) is 0 Å². The van der Waals surface area contributed by atoms with Crippen molar-refractivity contribution in [3.8, 4) is 17.2 Å². The molecular weight excluding hydrogens is 630 g/mol. The van der Waals surface area contributed by atoms with Crippen molar-refractivity contribution in [2.75, 3.05) is 0 Å². The van der Waals surface area contributed by atoms with E-state index in [1.54, 1.807) is 54.6 Å². The zero-order valence-electron chi connectivity index (χ0n) is 16.4. The number of hydrogen-bond donors (Lipinski definition) is 0. The van der Waals surface area contributed by atoms with Crippen molar-refractivity contribution < 1.29 is 14.5 Å². The van der Waals surface area contributed by atoms with Crippen molar-refractivity contribution in [1.29, 1.82) is 0 Å². The molecule has 1 heterocycles. The fourth-order valence-corrected chi connectivity index (χ4v) is 3.65. The number of hydrogen-bond acceptors (Lipinski definition) is 6. The molecule has 3 aromatic carbocycles. The first-order chi connectivity index (χ1) is 15.9. The first-order valence-corrected chi connectivity index (χ1v) is 11.5. The van der Waals surface area contributed by atoms with E-state index in [1.807, 2.05) is 0 Å². The van der Waals surface area contributed by atoms with Crippen LogP contribution >= 0.6 is 47.8 Å². The van der Waals surface area contributed by atoms with E-state index in [0.717, 1.165) is 0 Å². The minimum Gasteiger partial charge on any atom is -0.365 e. The number of aromatic nitrogens is 3. The van der Waals surface area contributed by atoms with Gasteiger partial charge in [-0.2, -0.15) is 0 Å². The van der Waals surface area contributed by atoms with Gasteiger partial charge in [0.05, 0.1) is 13.4 Å². The molecule has 0 spiro atoms. The second kappa shape index (κ2) is 9.81. The van der Waals surface area contributed by atoms with Crippen molar-refractivity contribution >= 4 is 47.8 Å². The van der Waals surface area contributed by atoms with Gasteiger partial charge in [0.15, 0.2) is 17.2 Å². The molecular formula is C21H12Br3N3O6. The third-order valence-electron chi connectivity index (χ3n) is 4.12. The van der Waals surface area contributed by atoms with Crippen LogP contribution in [0, 0.1) is 0 Å². The molecule has 0 saturated carbocycles. The van der Waals surface area contributed by atoms with Crippen LogP contribution in [0.1, 0.15) is 0 Å². The van der Waals surface area contributed by atoms with Gasteiger partial charge in [-0.05, 0) is 84.2 Å². The number of para-hydroxylation sites is 3. The van der Waals surface area contributed by atoms with Crippen molar-refractivity contribution in [2.24, 2.45) is 0 Å². The Balaban J connectivity index is 1.92. The summed E-state index contributed by atoms with van der Waals surface area (Å²) >= 11 is 9.87. The minimum atomic E-state index is -1.18.